The predicted octanol–water partition coefficient (Wildman–Crippen LogP) is -1.14. The molecule has 1 aliphatic heterocycles. The summed E-state index contributed by atoms with van der Waals surface area (Å²) in [6.45, 7) is 2.44. The normalized spacial score (nSPS) is 21.8. The van der Waals surface area contributed by atoms with Crippen molar-refractivity contribution in [2.24, 2.45) is 5.92 Å². The van der Waals surface area contributed by atoms with Gasteiger partial charge in [-0.1, -0.05) is 0 Å². The average Bonchev–Trinajstić information content (AvgIpc) is 2.77. The van der Waals surface area contributed by atoms with Crippen molar-refractivity contribution in [2.45, 2.75) is 13.0 Å². The zero-order valence-electron chi connectivity index (χ0n) is 11.0. The van der Waals surface area contributed by atoms with Crippen molar-refractivity contribution in [1.82, 2.24) is 15.5 Å². The minimum atomic E-state index is -1.01. The summed E-state index contributed by atoms with van der Waals surface area (Å²) in [5.74, 6) is -2.02. The number of carboxylic acid groups (broad SMARTS) is 1. The Bertz CT molecular complexity index is 360. The Balaban J connectivity index is 2.45. The smallest absolute Gasteiger partial charge is 0.317 e. The number of hydrogen-bond acceptors (Lipinski definition) is 4. The van der Waals surface area contributed by atoms with E-state index in [-0.39, 0.29) is 25.7 Å². The first-order valence-corrected chi connectivity index (χ1v) is 6.04. The highest BCUT2D eigenvalue weighted by Crippen LogP contribution is 2.13. The third kappa shape index (κ3) is 4.40. The molecule has 0 aliphatic carbocycles. The quantitative estimate of drug-likeness (QED) is 0.587. The Morgan fingerprint density at radius 3 is 2.63 bits per heavy atom. The monoisotopic (exact) mass is 273 g/mol. The van der Waals surface area contributed by atoms with Crippen LogP contribution >= 0.6 is 0 Å². The van der Waals surface area contributed by atoms with Crippen molar-refractivity contribution in [3.8, 4) is 0 Å². The summed E-state index contributed by atoms with van der Waals surface area (Å²) >= 11 is 0. The zero-order valence-corrected chi connectivity index (χ0v) is 11.0. The predicted molar refractivity (Wildman–Crippen MR) is 65.6 cm³/mol. The average molecular weight is 273 g/mol. The first-order chi connectivity index (χ1) is 8.95. The van der Waals surface area contributed by atoms with Gasteiger partial charge in [-0.15, -0.1) is 0 Å². The number of nitrogens with one attached hydrogen (secondary N) is 2. The summed E-state index contributed by atoms with van der Waals surface area (Å²) in [5, 5.41) is 14.1. The van der Waals surface area contributed by atoms with Gasteiger partial charge in [0.15, 0.2) is 0 Å². The molecular formula is C11H19N3O5. The van der Waals surface area contributed by atoms with Crippen molar-refractivity contribution in [3.05, 3.63) is 0 Å². The van der Waals surface area contributed by atoms with E-state index in [0.29, 0.717) is 6.54 Å². The van der Waals surface area contributed by atoms with Gasteiger partial charge in [0.05, 0.1) is 19.3 Å². The number of likely N-dealkylation sites (N-methyl/N-ethyl adjacent to an activating group) is 2. The molecule has 1 aliphatic rings. The summed E-state index contributed by atoms with van der Waals surface area (Å²) in [4.78, 5) is 35.2. The SMILES string of the molecule is CCNC(=O)CN(C)C(=O)NC1COCC1C(=O)O. The Labute approximate surface area is 111 Å². The van der Waals surface area contributed by atoms with Gasteiger partial charge in [0, 0.05) is 13.6 Å². The molecule has 0 spiro atoms. The van der Waals surface area contributed by atoms with Crippen LogP contribution in [0.3, 0.4) is 0 Å². The molecule has 0 aromatic heterocycles. The second-order valence-corrected chi connectivity index (χ2v) is 4.35. The largest absolute Gasteiger partial charge is 0.481 e. The highest BCUT2D eigenvalue weighted by molar-refractivity contribution is 5.84. The lowest BCUT2D eigenvalue weighted by molar-refractivity contribution is -0.142. The van der Waals surface area contributed by atoms with Crippen molar-refractivity contribution in [1.29, 1.82) is 0 Å². The fourth-order valence-electron chi connectivity index (χ4n) is 1.75. The summed E-state index contributed by atoms with van der Waals surface area (Å²) in [6.07, 6.45) is 0. The number of carbonyl (C=O) groups excluding carboxylic acids is 2. The van der Waals surface area contributed by atoms with Crippen LogP contribution in [0.15, 0.2) is 0 Å². The van der Waals surface area contributed by atoms with E-state index in [1.165, 1.54) is 11.9 Å². The Kier molecular flexibility index (Phi) is 5.56. The van der Waals surface area contributed by atoms with Gasteiger partial charge in [-0.25, -0.2) is 4.79 Å². The van der Waals surface area contributed by atoms with Crippen LogP contribution in [-0.2, 0) is 14.3 Å². The molecule has 1 fully saturated rings. The third-order valence-corrected chi connectivity index (χ3v) is 2.81. The van der Waals surface area contributed by atoms with E-state index in [1.54, 1.807) is 6.92 Å². The van der Waals surface area contributed by atoms with E-state index in [9.17, 15) is 14.4 Å². The molecule has 2 atom stereocenters. The first kappa shape index (κ1) is 15.2. The lowest BCUT2D eigenvalue weighted by atomic mass is 10.0. The summed E-state index contributed by atoms with van der Waals surface area (Å²) in [5.41, 5.74) is 0. The summed E-state index contributed by atoms with van der Waals surface area (Å²) < 4.78 is 5.04. The van der Waals surface area contributed by atoms with Gasteiger partial charge in [0.2, 0.25) is 5.91 Å². The minimum Gasteiger partial charge on any atom is -0.481 e. The molecule has 2 unspecified atom stereocenters. The fourth-order valence-corrected chi connectivity index (χ4v) is 1.75. The van der Waals surface area contributed by atoms with Gasteiger partial charge in [-0.05, 0) is 6.92 Å². The van der Waals surface area contributed by atoms with Crippen molar-refractivity contribution < 1.29 is 24.2 Å². The lowest BCUT2D eigenvalue weighted by Gasteiger charge is -2.21. The molecule has 3 amide bonds. The minimum absolute atomic E-state index is 0.0784. The molecule has 8 heteroatoms. The molecule has 3 N–H and O–H groups in total. The number of carboxylic acids is 1. The van der Waals surface area contributed by atoms with Gasteiger partial charge in [0.1, 0.15) is 12.5 Å². The Hall–Kier alpha value is -1.83. The molecule has 0 aromatic rings. The number of urea groups is 1. The van der Waals surface area contributed by atoms with Gasteiger partial charge in [0.25, 0.3) is 0 Å². The van der Waals surface area contributed by atoms with Crippen LogP contribution in [0, 0.1) is 5.92 Å². The zero-order chi connectivity index (χ0) is 14.4. The number of rotatable bonds is 5. The second kappa shape index (κ2) is 6.93. The number of aliphatic carboxylic acids is 1. The number of carbonyl (C=O) groups is 3. The van der Waals surface area contributed by atoms with E-state index in [4.69, 9.17) is 9.84 Å². The van der Waals surface area contributed by atoms with Gasteiger partial charge < -0.3 is 25.4 Å². The van der Waals surface area contributed by atoms with E-state index in [0.717, 1.165) is 0 Å². The highest BCUT2D eigenvalue weighted by atomic mass is 16.5. The number of amides is 3. The highest BCUT2D eigenvalue weighted by Gasteiger charge is 2.35. The third-order valence-electron chi connectivity index (χ3n) is 2.81. The van der Waals surface area contributed by atoms with E-state index < -0.39 is 24.0 Å². The fraction of sp³-hybridized carbons (Fsp3) is 0.727. The number of hydrogen-bond donors (Lipinski definition) is 3. The molecule has 108 valence electrons. The van der Waals surface area contributed by atoms with E-state index in [1.807, 2.05) is 0 Å². The molecular weight excluding hydrogens is 254 g/mol. The summed E-state index contributed by atoms with van der Waals surface area (Å²) in [6, 6.07) is -1.06. The van der Waals surface area contributed by atoms with Crippen molar-refractivity contribution in [3.63, 3.8) is 0 Å². The van der Waals surface area contributed by atoms with Crippen LogP contribution in [0.1, 0.15) is 6.92 Å². The van der Waals surface area contributed by atoms with Crippen LogP contribution in [0.4, 0.5) is 4.79 Å². The maximum atomic E-state index is 11.8. The molecule has 8 nitrogen and oxygen atoms in total. The van der Waals surface area contributed by atoms with Crippen LogP contribution in [0.5, 0.6) is 0 Å². The van der Waals surface area contributed by atoms with Gasteiger partial charge in [-0.2, -0.15) is 0 Å². The van der Waals surface area contributed by atoms with Gasteiger partial charge >= 0.3 is 12.0 Å². The van der Waals surface area contributed by atoms with Crippen molar-refractivity contribution in [2.75, 3.05) is 33.4 Å². The number of nitrogens with zero attached hydrogens (tertiary/aromatic N) is 1. The van der Waals surface area contributed by atoms with Crippen LogP contribution in [0.25, 0.3) is 0 Å². The lowest BCUT2D eigenvalue weighted by Crippen LogP contribution is -2.49. The molecule has 0 radical (unpaired) electrons. The van der Waals surface area contributed by atoms with Gasteiger partial charge in [-0.3, -0.25) is 9.59 Å². The Morgan fingerprint density at radius 1 is 1.37 bits per heavy atom. The first-order valence-electron chi connectivity index (χ1n) is 6.04. The summed E-state index contributed by atoms with van der Waals surface area (Å²) in [7, 11) is 1.47. The molecule has 0 bridgehead atoms. The van der Waals surface area contributed by atoms with Crippen LogP contribution < -0.4 is 10.6 Å². The molecule has 1 saturated heterocycles. The van der Waals surface area contributed by atoms with E-state index >= 15 is 0 Å². The molecule has 0 aromatic carbocycles. The number of ether oxygens (including phenoxy) is 1. The standard InChI is InChI=1S/C11H19N3O5/c1-3-12-9(15)4-14(2)11(18)13-8-6-19-5-7(8)10(16)17/h7-8H,3-6H2,1-2H3,(H,12,15)(H,13,18)(H,16,17). The second-order valence-electron chi connectivity index (χ2n) is 4.35. The molecule has 1 heterocycles. The van der Waals surface area contributed by atoms with Crippen LogP contribution in [-0.4, -0.2) is 67.3 Å². The van der Waals surface area contributed by atoms with Crippen molar-refractivity contribution >= 4 is 17.9 Å². The maximum absolute atomic E-state index is 11.8. The maximum Gasteiger partial charge on any atom is 0.317 e. The molecule has 19 heavy (non-hydrogen) atoms. The Morgan fingerprint density at radius 2 is 2.05 bits per heavy atom. The van der Waals surface area contributed by atoms with E-state index in [2.05, 4.69) is 10.6 Å². The van der Waals surface area contributed by atoms with Crippen LogP contribution in [0.2, 0.25) is 0 Å². The topological polar surface area (TPSA) is 108 Å². The molecule has 0 saturated carbocycles. The molecule has 1 rings (SSSR count).